The van der Waals surface area contributed by atoms with Gasteiger partial charge in [0.25, 0.3) is 0 Å². The summed E-state index contributed by atoms with van der Waals surface area (Å²) in [6.07, 6.45) is 0.208. The molecule has 0 aliphatic rings. The summed E-state index contributed by atoms with van der Waals surface area (Å²) in [7, 11) is 0. The van der Waals surface area contributed by atoms with Crippen LogP contribution in [0.1, 0.15) is 33.3 Å². The Hall–Kier alpha value is -1.06. The highest BCUT2D eigenvalue weighted by Gasteiger charge is 2.15. The summed E-state index contributed by atoms with van der Waals surface area (Å²) < 4.78 is 5.59. The number of aliphatic hydroxyl groups is 1. The van der Waals surface area contributed by atoms with E-state index >= 15 is 0 Å². The van der Waals surface area contributed by atoms with Crippen LogP contribution >= 0.6 is 0 Å². The molecule has 0 aromatic heterocycles. The first-order chi connectivity index (χ1) is 8.43. The lowest BCUT2D eigenvalue weighted by Crippen LogP contribution is -2.31. The molecule has 2 N–H and O–H groups in total. The fourth-order valence-electron chi connectivity index (χ4n) is 1.56. The van der Waals surface area contributed by atoms with Gasteiger partial charge in [-0.25, -0.2) is 0 Å². The van der Waals surface area contributed by atoms with Crippen molar-refractivity contribution in [3.8, 4) is 5.75 Å². The highest BCUT2D eigenvalue weighted by Crippen LogP contribution is 2.15. The summed E-state index contributed by atoms with van der Waals surface area (Å²) in [6, 6.07) is 8.12. The molecule has 0 heterocycles. The maximum atomic E-state index is 9.15. The summed E-state index contributed by atoms with van der Waals surface area (Å²) in [6.45, 7) is 9.93. The molecule has 0 unspecified atom stereocenters. The van der Waals surface area contributed by atoms with E-state index in [0.717, 1.165) is 18.8 Å². The molecule has 0 saturated carbocycles. The van der Waals surface area contributed by atoms with E-state index in [4.69, 9.17) is 9.84 Å². The molecular weight excluding hydrogens is 226 g/mol. The fourth-order valence-corrected chi connectivity index (χ4v) is 1.56. The Bertz CT molecular complexity index is 344. The van der Waals surface area contributed by atoms with E-state index in [1.807, 2.05) is 39.8 Å². The number of ether oxygens (including phenoxy) is 1. The van der Waals surface area contributed by atoms with E-state index in [0.29, 0.717) is 0 Å². The lowest BCUT2D eigenvalue weighted by Gasteiger charge is -2.22. The molecule has 0 aliphatic carbocycles. The minimum atomic E-state index is -0.0688. The highest BCUT2D eigenvalue weighted by molar-refractivity contribution is 5.27. The van der Waals surface area contributed by atoms with Crippen molar-refractivity contribution >= 4 is 0 Å². The van der Waals surface area contributed by atoms with E-state index in [2.05, 4.69) is 17.4 Å². The van der Waals surface area contributed by atoms with Gasteiger partial charge in [-0.1, -0.05) is 26.0 Å². The van der Waals surface area contributed by atoms with Gasteiger partial charge in [0.2, 0.25) is 0 Å². The zero-order valence-corrected chi connectivity index (χ0v) is 11.9. The van der Waals surface area contributed by atoms with Crippen molar-refractivity contribution in [1.82, 2.24) is 5.32 Å². The second kappa shape index (κ2) is 6.76. The SMILES string of the molecule is CC(C)Oc1ccc(CNCC(C)(C)CO)cc1. The number of benzene rings is 1. The van der Waals surface area contributed by atoms with Crippen LogP contribution in [0.3, 0.4) is 0 Å². The Morgan fingerprint density at radius 1 is 1.22 bits per heavy atom. The lowest BCUT2D eigenvalue weighted by atomic mass is 9.95. The zero-order valence-electron chi connectivity index (χ0n) is 11.9. The van der Waals surface area contributed by atoms with Gasteiger partial charge in [0.1, 0.15) is 5.75 Å². The van der Waals surface area contributed by atoms with Crippen LogP contribution in [0.25, 0.3) is 0 Å². The summed E-state index contributed by atoms with van der Waals surface area (Å²) >= 11 is 0. The van der Waals surface area contributed by atoms with Gasteiger partial charge in [-0.2, -0.15) is 0 Å². The van der Waals surface area contributed by atoms with Crippen LogP contribution in [-0.4, -0.2) is 24.4 Å². The monoisotopic (exact) mass is 251 g/mol. The van der Waals surface area contributed by atoms with Crippen LogP contribution < -0.4 is 10.1 Å². The molecule has 0 spiro atoms. The fraction of sp³-hybridized carbons (Fsp3) is 0.600. The second-order valence-corrected chi connectivity index (χ2v) is 5.74. The second-order valence-electron chi connectivity index (χ2n) is 5.74. The average Bonchev–Trinajstić information content (AvgIpc) is 2.30. The average molecular weight is 251 g/mol. The third-order valence-electron chi connectivity index (χ3n) is 2.66. The van der Waals surface area contributed by atoms with Crippen LogP contribution in [0.5, 0.6) is 5.75 Å². The minimum absolute atomic E-state index is 0.0688. The Morgan fingerprint density at radius 3 is 2.33 bits per heavy atom. The van der Waals surface area contributed by atoms with E-state index in [1.54, 1.807) is 0 Å². The molecule has 3 heteroatoms. The molecule has 18 heavy (non-hydrogen) atoms. The first-order valence-electron chi connectivity index (χ1n) is 6.50. The summed E-state index contributed by atoms with van der Waals surface area (Å²) in [5, 5.41) is 12.5. The van der Waals surface area contributed by atoms with Crippen molar-refractivity contribution in [2.24, 2.45) is 5.41 Å². The highest BCUT2D eigenvalue weighted by atomic mass is 16.5. The van der Waals surface area contributed by atoms with Crippen LogP contribution in [-0.2, 0) is 6.54 Å². The quantitative estimate of drug-likeness (QED) is 0.782. The van der Waals surface area contributed by atoms with Gasteiger partial charge in [0.05, 0.1) is 6.10 Å². The molecule has 0 aliphatic heterocycles. The number of nitrogens with one attached hydrogen (secondary N) is 1. The predicted octanol–water partition coefficient (Wildman–Crippen LogP) is 2.58. The number of hydrogen-bond acceptors (Lipinski definition) is 3. The third-order valence-corrected chi connectivity index (χ3v) is 2.66. The van der Waals surface area contributed by atoms with Crippen molar-refractivity contribution in [2.75, 3.05) is 13.2 Å². The Morgan fingerprint density at radius 2 is 1.83 bits per heavy atom. The smallest absolute Gasteiger partial charge is 0.119 e. The first kappa shape index (κ1) is 15.0. The normalized spacial score (nSPS) is 11.9. The van der Waals surface area contributed by atoms with Gasteiger partial charge in [0.15, 0.2) is 0 Å². The van der Waals surface area contributed by atoms with Gasteiger partial charge < -0.3 is 15.2 Å². The summed E-state index contributed by atoms with van der Waals surface area (Å²) in [5.41, 5.74) is 1.15. The Labute approximate surface area is 110 Å². The lowest BCUT2D eigenvalue weighted by molar-refractivity contribution is 0.156. The van der Waals surface area contributed by atoms with Crippen molar-refractivity contribution in [2.45, 2.75) is 40.3 Å². The molecule has 102 valence electrons. The molecule has 0 bridgehead atoms. The molecule has 0 atom stereocenters. The molecule has 0 amide bonds. The predicted molar refractivity (Wildman–Crippen MR) is 74.8 cm³/mol. The molecular formula is C15H25NO2. The van der Waals surface area contributed by atoms with Gasteiger partial charge in [-0.15, -0.1) is 0 Å². The van der Waals surface area contributed by atoms with Crippen molar-refractivity contribution in [3.63, 3.8) is 0 Å². The van der Waals surface area contributed by atoms with Gasteiger partial charge >= 0.3 is 0 Å². The molecule has 1 rings (SSSR count). The Kier molecular flexibility index (Phi) is 5.63. The van der Waals surface area contributed by atoms with E-state index in [-0.39, 0.29) is 18.1 Å². The Balaban J connectivity index is 2.40. The molecule has 1 aromatic rings. The van der Waals surface area contributed by atoms with E-state index < -0.39 is 0 Å². The number of rotatable bonds is 7. The minimum Gasteiger partial charge on any atom is -0.491 e. The van der Waals surface area contributed by atoms with Crippen LogP contribution in [0.15, 0.2) is 24.3 Å². The first-order valence-corrected chi connectivity index (χ1v) is 6.50. The number of aliphatic hydroxyl groups excluding tert-OH is 1. The van der Waals surface area contributed by atoms with Crippen LogP contribution in [0.2, 0.25) is 0 Å². The van der Waals surface area contributed by atoms with Gasteiger partial charge in [-0.3, -0.25) is 0 Å². The van der Waals surface area contributed by atoms with E-state index in [1.165, 1.54) is 5.56 Å². The van der Waals surface area contributed by atoms with Crippen molar-refractivity contribution < 1.29 is 9.84 Å². The topological polar surface area (TPSA) is 41.5 Å². The maximum Gasteiger partial charge on any atom is 0.119 e. The van der Waals surface area contributed by atoms with Crippen molar-refractivity contribution in [3.05, 3.63) is 29.8 Å². The molecule has 3 nitrogen and oxygen atoms in total. The van der Waals surface area contributed by atoms with Crippen molar-refractivity contribution in [1.29, 1.82) is 0 Å². The standard InChI is InChI=1S/C15H25NO2/c1-12(2)18-14-7-5-13(6-8-14)9-16-10-15(3,4)11-17/h5-8,12,16-17H,9-11H2,1-4H3. The summed E-state index contributed by atoms with van der Waals surface area (Å²) in [5.74, 6) is 0.907. The molecule has 0 radical (unpaired) electrons. The maximum absolute atomic E-state index is 9.15. The van der Waals surface area contributed by atoms with Gasteiger partial charge in [-0.05, 0) is 31.5 Å². The number of hydrogen-bond donors (Lipinski definition) is 2. The van der Waals surface area contributed by atoms with Crippen LogP contribution in [0, 0.1) is 5.41 Å². The van der Waals surface area contributed by atoms with Crippen LogP contribution in [0.4, 0.5) is 0 Å². The van der Waals surface area contributed by atoms with Gasteiger partial charge in [0, 0.05) is 25.1 Å². The summed E-state index contributed by atoms with van der Waals surface area (Å²) in [4.78, 5) is 0. The molecule has 0 saturated heterocycles. The largest absolute Gasteiger partial charge is 0.491 e. The molecule has 0 fully saturated rings. The van der Waals surface area contributed by atoms with E-state index in [9.17, 15) is 0 Å². The molecule has 1 aromatic carbocycles. The third kappa shape index (κ3) is 5.52. The zero-order chi connectivity index (χ0) is 13.6.